The summed E-state index contributed by atoms with van der Waals surface area (Å²) < 4.78 is 1.12. The van der Waals surface area contributed by atoms with Gasteiger partial charge in [-0.1, -0.05) is 17.7 Å². The van der Waals surface area contributed by atoms with E-state index in [1.807, 2.05) is 24.3 Å². The van der Waals surface area contributed by atoms with Crippen molar-refractivity contribution in [3.63, 3.8) is 0 Å². The lowest BCUT2D eigenvalue weighted by atomic mass is 10.3. The molecule has 2 amide bonds. The predicted molar refractivity (Wildman–Crippen MR) is 83.3 cm³/mol. The maximum absolute atomic E-state index is 11.7. The molecule has 0 radical (unpaired) electrons. The third-order valence-electron chi connectivity index (χ3n) is 2.18. The second-order valence-electron chi connectivity index (χ2n) is 3.60. The highest BCUT2D eigenvalue weighted by Crippen LogP contribution is 2.16. The van der Waals surface area contributed by atoms with Crippen molar-refractivity contribution < 1.29 is 4.79 Å². The van der Waals surface area contributed by atoms with E-state index in [1.54, 1.807) is 24.3 Å². The minimum Gasteiger partial charge on any atom is -0.308 e. The number of halogens is 2. The fourth-order valence-corrected chi connectivity index (χ4v) is 1.94. The molecule has 2 rings (SSSR count). The Balaban J connectivity index is 1.98. The van der Waals surface area contributed by atoms with Gasteiger partial charge < -0.3 is 10.6 Å². The highest BCUT2D eigenvalue weighted by molar-refractivity contribution is 14.1. The Hall–Kier alpha value is -1.27. The highest BCUT2D eigenvalue weighted by Gasteiger charge is 2.02. The minimum atomic E-state index is -0.293. The predicted octanol–water partition coefficient (Wildman–Crippen LogP) is 4.59. The topological polar surface area (TPSA) is 41.1 Å². The van der Waals surface area contributed by atoms with E-state index >= 15 is 0 Å². The van der Waals surface area contributed by atoms with Gasteiger partial charge in [-0.2, -0.15) is 0 Å². The molecule has 0 aromatic heterocycles. The van der Waals surface area contributed by atoms with Gasteiger partial charge in [-0.05, 0) is 65.1 Å². The Kier molecular flexibility index (Phi) is 4.43. The van der Waals surface area contributed by atoms with Crippen LogP contribution in [0.2, 0.25) is 5.02 Å². The average molecular weight is 373 g/mol. The van der Waals surface area contributed by atoms with Crippen LogP contribution in [0.15, 0.2) is 48.5 Å². The lowest BCUT2D eigenvalue weighted by molar-refractivity contribution is 0.262. The fraction of sp³-hybridized carbons (Fsp3) is 0. The van der Waals surface area contributed by atoms with Crippen LogP contribution in [-0.4, -0.2) is 6.03 Å². The fourth-order valence-electron chi connectivity index (χ4n) is 1.39. The molecule has 0 saturated heterocycles. The van der Waals surface area contributed by atoms with Crippen molar-refractivity contribution >= 4 is 51.6 Å². The number of benzene rings is 2. The molecule has 5 heteroatoms. The zero-order valence-electron chi connectivity index (χ0n) is 9.28. The summed E-state index contributed by atoms with van der Waals surface area (Å²) in [4.78, 5) is 11.7. The van der Waals surface area contributed by atoms with Crippen LogP contribution in [0.4, 0.5) is 16.2 Å². The minimum absolute atomic E-state index is 0.293. The van der Waals surface area contributed by atoms with E-state index in [4.69, 9.17) is 11.6 Å². The first-order chi connectivity index (χ1) is 8.63. The molecule has 2 aromatic carbocycles. The third kappa shape index (κ3) is 3.89. The number of hydrogen-bond donors (Lipinski definition) is 2. The van der Waals surface area contributed by atoms with Crippen LogP contribution in [0.5, 0.6) is 0 Å². The van der Waals surface area contributed by atoms with E-state index in [9.17, 15) is 4.79 Å². The molecule has 18 heavy (non-hydrogen) atoms. The zero-order valence-corrected chi connectivity index (χ0v) is 12.2. The molecule has 92 valence electrons. The van der Waals surface area contributed by atoms with Crippen molar-refractivity contribution in [1.82, 2.24) is 0 Å². The van der Waals surface area contributed by atoms with Gasteiger partial charge in [-0.15, -0.1) is 0 Å². The number of nitrogens with one attached hydrogen (secondary N) is 2. The van der Waals surface area contributed by atoms with Gasteiger partial charge in [0.1, 0.15) is 0 Å². The molecular weight excluding hydrogens is 363 g/mol. The Morgan fingerprint density at radius 1 is 1.00 bits per heavy atom. The summed E-state index contributed by atoms with van der Waals surface area (Å²) in [5.74, 6) is 0. The zero-order chi connectivity index (χ0) is 13.0. The summed E-state index contributed by atoms with van der Waals surface area (Å²) in [6.07, 6.45) is 0. The Labute approximate surface area is 124 Å². The Bertz CT molecular complexity index is 557. The van der Waals surface area contributed by atoms with Gasteiger partial charge in [0.05, 0.1) is 0 Å². The maximum atomic E-state index is 11.7. The van der Waals surface area contributed by atoms with Crippen molar-refractivity contribution in [3.8, 4) is 0 Å². The van der Waals surface area contributed by atoms with Crippen LogP contribution in [0, 0.1) is 3.57 Å². The van der Waals surface area contributed by atoms with Crippen molar-refractivity contribution in [2.24, 2.45) is 0 Å². The molecular formula is C13H10ClIN2O. The summed E-state index contributed by atoms with van der Waals surface area (Å²) in [5.41, 5.74) is 1.40. The third-order valence-corrected chi connectivity index (χ3v) is 3.14. The first kappa shape index (κ1) is 13.2. The van der Waals surface area contributed by atoms with Crippen LogP contribution < -0.4 is 10.6 Å². The number of hydrogen-bond acceptors (Lipinski definition) is 1. The largest absolute Gasteiger partial charge is 0.323 e. The molecule has 0 bridgehead atoms. The van der Waals surface area contributed by atoms with E-state index in [0.717, 1.165) is 9.26 Å². The number of amides is 2. The van der Waals surface area contributed by atoms with Gasteiger partial charge in [0.15, 0.2) is 0 Å². The summed E-state index contributed by atoms with van der Waals surface area (Å²) in [5, 5.41) is 6.04. The Morgan fingerprint density at radius 3 is 2.33 bits per heavy atom. The van der Waals surface area contributed by atoms with Crippen LogP contribution in [0.1, 0.15) is 0 Å². The number of urea groups is 1. The lowest BCUT2D eigenvalue weighted by Crippen LogP contribution is -2.19. The smallest absolute Gasteiger partial charge is 0.308 e. The standard InChI is InChI=1S/C13H10ClIN2O/c14-9-2-1-3-12(8-9)17-13(18)16-11-6-4-10(15)5-7-11/h1-8H,(H2,16,17,18). The average Bonchev–Trinajstić information content (AvgIpc) is 2.32. The molecule has 0 heterocycles. The molecule has 0 atom stereocenters. The van der Waals surface area contributed by atoms with E-state index < -0.39 is 0 Å². The van der Waals surface area contributed by atoms with Gasteiger partial charge in [-0.25, -0.2) is 4.79 Å². The molecule has 0 fully saturated rings. The first-order valence-corrected chi connectivity index (χ1v) is 6.68. The second kappa shape index (κ2) is 6.06. The molecule has 0 unspecified atom stereocenters. The molecule has 2 aromatic rings. The summed E-state index contributed by atoms with van der Waals surface area (Å²) in [6.45, 7) is 0. The SMILES string of the molecule is O=C(Nc1ccc(I)cc1)Nc1cccc(Cl)c1. The molecule has 0 aliphatic carbocycles. The number of anilines is 2. The number of carbonyl (C=O) groups excluding carboxylic acids is 1. The van der Waals surface area contributed by atoms with Gasteiger partial charge in [-0.3, -0.25) is 0 Å². The lowest BCUT2D eigenvalue weighted by Gasteiger charge is -2.07. The van der Waals surface area contributed by atoms with E-state index in [1.165, 1.54) is 0 Å². The molecule has 2 N–H and O–H groups in total. The first-order valence-electron chi connectivity index (χ1n) is 5.22. The maximum Gasteiger partial charge on any atom is 0.323 e. The van der Waals surface area contributed by atoms with Gasteiger partial charge in [0.2, 0.25) is 0 Å². The normalized spacial score (nSPS) is 9.89. The number of rotatable bonds is 2. The molecule has 0 aliphatic heterocycles. The van der Waals surface area contributed by atoms with Crippen LogP contribution in [0.3, 0.4) is 0 Å². The number of carbonyl (C=O) groups is 1. The quantitative estimate of drug-likeness (QED) is 0.744. The van der Waals surface area contributed by atoms with Crippen LogP contribution in [0.25, 0.3) is 0 Å². The van der Waals surface area contributed by atoms with E-state index in [-0.39, 0.29) is 6.03 Å². The molecule has 0 aliphatic rings. The van der Waals surface area contributed by atoms with Crippen molar-refractivity contribution in [2.75, 3.05) is 10.6 Å². The summed E-state index contributed by atoms with van der Waals surface area (Å²) in [6, 6.07) is 14.3. The van der Waals surface area contributed by atoms with Crippen LogP contribution in [-0.2, 0) is 0 Å². The summed E-state index contributed by atoms with van der Waals surface area (Å²) >= 11 is 8.04. The van der Waals surface area contributed by atoms with E-state index in [2.05, 4.69) is 33.2 Å². The van der Waals surface area contributed by atoms with Crippen LogP contribution >= 0.6 is 34.2 Å². The van der Waals surface area contributed by atoms with Gasteiger partial charge >= 0.3 is 6.03 Å². The molecule has 0 spiro atoms. The monoisotopic (exact) mass is 372 g/mol. The van der Waals surface area contributed by atoms with E-state index in [0.29, 0.717) is 10.7 Å². The van der Waals surface area contributed by atoms with Gasteiger partial charge in [0, 0.05) is 20.0 Å². The Morgan fingerprint density at radius 2 is 1.67 bits per heavy atom. The second-order valence-corrected chi connectivity index (χ2v) is 5.28. The highest BCUT2D eigenvalue weighted by atomic mass is 127. The van der Waals surface area contributed by atoms with Crippen molar-refractivity contribution in [2.45, 2.75) is 0 Å². The van der Waals surface area contributed by atoms with Crippen molar-refractivity contribution in [1.29, 1.82) is 0 Å². The van der Waals surface area contributed by atoms with Crippen molar-refractivity contribution in [3.05, 3.63) is 57.1 Å². The molecule has 3 nitrogen and oxygen atoms in total. The summed E-state index contributed by atoms with van der Waals surface area (Å²) in [7, 11) is 0. The molecule has 0 saturated carbocycles. The van der Waals surface area contributed by atoms with Gasteiger partial charge in [0.25, 0.3) is 0 Å².